The van der Waals surface area contributed by atoms with E-state index in [-0.39, 0.29) is 12.0 Å². The third kappa shape index (κ3) is 3.07. The zero-order valence-corrected chi connectivity index (χ0v) is 11.4. The van der Waals surface area contributed by atoms with Crippen molar-refractivity contribution in [3.8, 4) is 0 Å². The summed E-state index contributed by atoms with van der Waals surface area (Å²) < 4.78 is 4.76. The number of hydrogen-bond donors (Lipinski definition) is 1. The average molecular weight is 270 g/mol. The summed E-state index contributed by atoms with van der Waals surface area (Å²) in [6, 6.07) is -0.315. The molecule has 0 amide bonds. The summed E-state index contributed by atoms with van der Waals surface area (Å²) in [7, 11) is 1.38. The van der Waals surface area contributed by atoms with E-state index in [9.17, 15) is 9.90 Å². The summed E-state index contributed by atoms with van der Waals surface area (Å²) in [4.78, 5) is 18.0. The molecule has 0 aliphatic carbocycles. The van der Waals surface area contributed by atoms with E-state index in [4.69, 9.17) is 4.74 Å². The second kappa shape index (κ2) is 5.77. The first-order chi connectivity index (χ1) is 8.60. The van der Waals surface area contributed by atoms with Crippen molar-refractivity contribution >= 4 is 17.3 Å². The smallest absolute Gasteiger partial charge is 0.323 e. The summed E-state index contributed by atoms with van der Waals surface area (Å²) in [6.07, 6.45) is 0.819. The number of rotatable bonds is 4. The van der Waals surface area contributed by atoms with Gasteiger partial charge in [-0.1, -0.05) is 0 Å². The molecular formula is C12H18N2O3S. The van der Waals surface area contributed by atoms with Gasteiger partial charge in [0, 0.05) is 31.3 Å². The largest absolute Gasteiger partial charge is 0.468 e. The number of carbonyl (C=O) groups excluding carboxylic acids is 1. The number of aliphatic hydroxyl groups excluding tert-OH is 1. The number of hydrogen-bond acceptors (Lipinski definition) is 6. The lowest BCUT2D eigenvalue weighted by Crippen LogP contribution is -2.38. The van der Waals surface area contributed by atoms with Crippen LogP contribution < -0.4 is 0 Å². The maximum atomic E-state index is 11.6. The first kappa shape index (κ1) is 13.5. The molecule has 0 aromatic carbocycles. The lowest BCUT2D eigenvalue weighted by atomic mass is 10.2. The van der Waals surface area contributed by atoms with Gasteiger partial charge in [-0.05, 0) is 6.92 Å². The SMILES string of the molecule is COC(=O)[C@H]1C[C@H](O)CN1CCc1csc(C)n1. The third-order valence-electron chi connectivity index (χ3n) is 3.18. The van der Waals surface area contributed by atoms with Gasteiger partial charge in [-0.25, -0.2) is 4.98 Å². The molecule has 6 heteroatoms. The Morgan fingerprint density at radius 2 is 2.50 bits per heavy atom. The van der Waals surface area contributed by atoms with Crippen molar-refractivity contribution in [3.63, 3.8) is 0 Å². The van der Waals surface area contributed by atoms with E-state index in [1.54, 1.807) is 11.3 Å². The van der Waals surface area contributed by atoms with Crippen molar-refractivity contribution < 1.29 is 14.6 Å². The summed E-state index contributed by atoms with van der Waals surface area (Å²) in [5.41, 5.74) is 1.04. The normalized spacial score (nSPS) is 24.4. The van der Waals surface area contributed by atoms with E-state index in [2.05, 4.69) is 4.98 Å². The molecule has 2 rings (SSSR count). The molecule has 1 fully saturated rings. The number of ether oxygens (including phenoxy) is 1. The molecule has 0 bridgehead atoms. The predicted molar refractivity (Wildman–Crippen MR) is 68.6 cm³/mol. The molecule has 0 spiro atoms. The van der Waals surface area contributed by atoms with Crippen molar-refractivity contribution in [2.24, 2.45) is 0 Å². The van der Waals surface area contributed by atoms with Gasteiger partial charge in [0.25, 0.3) is 0 Å². The van der Waals surface area contributed by atoms with E-state index in [1.807, 2.05) is 17.2 Å². The van der Waals surface area contributed by atoms with Crippen molar-refractivity contribution in [2.75, 3.05) is 20.2 Å². The zero-order chi connectivity index (χ0) is 13.1. The Kier molecular flexibility index (Phi) is 4.31. The van der Waals surface area contributed by atoms with E-state index in [0.717, 1.165) is 23.7 Å². The highest BCUT2D eigenvalue weighted by Gasteiger charge is 2.36. The second-order valence-electron chi connectivity index (χ2n) is 4.53. The van der Waals surface area contributed by atoms with Gasteiger partial charge in [0.1, 0.15) is 6.04 Å². The molecule has 2 atom stereocenters. The zero-order valence-electron chi connectivity index (χ0n) is 10.6. The van der Waals surface area contributed by atoms with Gasteiger partial charge in [-0.3, -0.25) is 9.69 Å². The molecule has 0 unspecified atom stereocenters. The first-order valence-corrected chi connectivity index (χ1v) is 6.89. The number of aromatic nitrogens is 1. The maximum absolute atomic E-state index is 11.6. The monoisotopic (exact) mass is 270 g/mol. The van der Waals surface area contributed by atoms with Crippen molar-refractivity contribution in [1.82, 2.24) is 9.88 Å². The van der Waals surface area contributed by atoms with Gasteiger partial charge < -0.3 is 9.84 Å². The van der Waals surface area contributed by atoms with Crippen LogP contribution in [0, 0.1) is 6.92 Å². The van der Waals surface area contributed by atoms with Gasteiger partial charge in [-0.15, -0.1) is 11.3 Å². The van der Waals surface area contributed by atoms with E-state index in [0.29, 0.717) is 13.0 Å². The van der Waals surface area contributed by atoms with E-state index >= 15 is 0 Å². The first-order valence-electron chi connectivity index (χ1n) is 6.01. The van der Waals surface area contributed by atoms with Crippen molar-refractivity contribution in [2.45, 2.75) is 31.9 Å². The number of thiazole rings is 1. The van der Waals surface area contributed by atoms with Crippen LogP contribution in [0.4, 0.5) is 0 Å². The highest BCUT2D eigenvalue weighted by Crippen LogP contribution is 2.19. The van der Waals surface area contributed by atoms with Crippen LogP contribution in [-0.2, 0) is 16.0 Å². The van der Waals surface area contributed by atoms with E-state index in [1.165, 1.54) is 7.11 Å². The number of β-amino-alcohol motifs (C(OH)–C–C–N with tert-alkyl or cyclic N) is 1. The quantitative estimate of drug-likeness (QED) is 0.812. The van der Waals surface area contributed by atoms with Crippen LogP contribution in [0.1, 0.15) is 17.1 Å². The molecule has 0 radical (unpaired) electrons. The lowest BCUT2D eigenvalue weighted by molar-refractivity contribution is -0.145. The van der Waals surface area contributed by atoms with Gasteiger partial charge in [0.15, 0.2) is 0 Å². The molecule has 1 N–H and O–H groups in total. The summed E-state index contributed by atoms with van der Waals surface area (Å²) >= 11 is 1.63. The van der Waals surface area contributed by atoms with Crippen molar-refractivity contribution in [1.29, 1.82) is 0 Å². The molecule has 1 saturated heterocycles. The topological polar surface area (TPSA) is 62.7 Å². The molecule has 1 aliphatic heterocycles. The number of carbonyl (C=O) groups is 1. The number of nitrogens with zero attached hydrogens (tertiary/aromatic N) is 2. The third-order valence-corrected chi connectivity index (χ3v) is 4.00. The molecule has 18 heavy (non-hydrogen) atoms. The molecule has 2 heterocycles. The predicted octanol–water partition coefficient (Wildman–Crippen LogP) is 0.602. The number of aliphatic hydroxyl groups is 1. The van der Waals surface area contributed by atoms with Crippen LogP contribution in [0.25, 0.3) is 0 Å². The minimum absolute atomic E-state index is 0.263. The van der Waals surface area contributed by atoms with E-state index < -0.39 is 6.10 Å². The Morgan fingerprint density at radius 1 is 1.72 bits per heavy atom. The second-order valence-corrected chi connectivity index (χ2v) is 5.59. The Hall–Kier alpha value is -0.980. The lowest BCUT2D eigenvalue weighted by Gasteiger charge is -2.21. The Morgan fingerprint density at radius 3 is 3.11 bits per heavy atom. The Balaban J connectivity index is 1.92. The molecule has 1 aliphatic rings. The van der Waals surface area contributed by atoms with Crippen LogP contribution >= 0.6 is 11.3 Å². The van der Waals surface area contributed by atoms with Crippen LogP contribution in [-0.4, -0.2) is 53.3 Å². The number of aryl methyl sites for hydroxylation is 1. The molecule has 1 aromatic rings. The fraction of sp³-hybridized carbons (Fsp3) is 0.667. The summed E-state index contributed by atoms with van der Waals surface area (Å²) in [5, 5.41) is 12.7. The minimum Gasteiger partial charge on any atom is -0.468 e. The van der Waals surface area contributed by atoms with Gasteiger partial charge in [0.05, 0.1) is 23.9 Å². The van der Waals surface area contributed by atoms with Crippen LogP contribution in [0.15, 0.2) is 5.38 Å². The van der Waals surface area contributed by atoms with Crippen LogP contribution in [0.5, 0.6) is 0 Å². The number of esters is 1. The molecular weight excluding hydrogens is 252 g/mol. The molecule has 0 saturated carbocycles. The Bertz CT molecular complexity index is 421. The standard InChI is InChI=1S/C12H18N2O3S/c1-8-13-9(7-18-8)3-4-14-6-10(15)5-11(14)12(16)17-2/h7,10-11,15H,3-6H2,1-2H3/t10-,11+/m0/s1. The average Bonchev–Trinajstić information content (AvgIpc) is 2.92. The molecule has 100 valence electrons. The number of methoxy groups -OCH3 is 1. The highest BCUT2D eigenvalue weighted by molar-refractivity contribution is 7.09. The van der Waals surface area contributed by atoms with Gasteiger partial charge >= 0.3 is 5.97 Å². The fourth-order valence-electron chi connectivity index (χ4n) is 2.29. The summed E-state index contributed by atoms with van der Waals surface area (Å²) in [6.45, 7) is 3.23. The maximum Gasteiger partial charge on any atom is 0.323 e. The molecule has 5 nitrogen and oxygen atoms in total. The molecule has 1 aromatic heterocycles. The number of likely N-dealkylation sites (tertiary alicyclic amines) is 1. The van der Waals surface area contributed by atoms with Gasteiger partial charge in [0.2, 0.25) is 0 Å². The van der Waals surface area contributed by atoms with Crippen molar-refractivity contribution in [3.05, 3.63) is 16.1 Å². The van der Waals surface area contributed by atoms with Crippen LogP contribution in [0.3, 0.4) is 0 Å². The minimum atomic E-state index is -0.439. The highest BCUT2D eigenvalue weighted by atomic mass is 32.1. The van der Waals surface area contributed by atoms with Crippen LogP contribution in [0.2, 0.25) is 0 Å². The van der Waals surface area contributed by atoms with Gasteiger partial charge in [-0.2, -0.15) is 0 Å². The fourth-order valence-corrected chi connectivity index (χ4v) is 2.94. The Labute approximate surface area is 110 Å². The summed E-state index contributed by atoms with van der Waals surface area (Å²) in [5.74, 6) is -0.263.